The highest BCUT2D eigenvalue weighted by atomic mass is 16.2. The van der Waals surface area contributed by atoms with Gasteiger partial charge in [0, 0.05) is 31.7 Å². The van der Waals surface area contributed by atoms with Crippen LogP contribution < -0.4 is 5.32 Å². The van der Waals surface area contributed by atoms with Crippen molar-refractivity contribution < 1.29 is 14.4 Å². The van der Waals surface area contributed by atoms with Gasteiger partial charge in [0.15, 0.2) is 0 Å². The number of carbonyl (C=O) groups is 3. The molecule has 0 radical (unpaired) electrons. The Kier molecular flexibility index (Phi) is 7.43. The summed E-state index contributed by atoms with van der Waals surface area (Å²) in [6, 6.07) is 16.7. The van der Waals surface area contributed by atoms with E-state index in [-0.39, 0.29) is 23.6 Å². The molecule has 1 atom stereocenters. The molecule has 6 heteroatoms. The summed E-state index contributed by atoms with van der Waals surface area (Å²) in [6.45, 7) is 4.64. The van der Waals surface area contributed by atoms with Crippen molar-refractivity contribution in [3.8, 4) is 0 Å². The van der Waals surface area contributed by atoms with Crippen LogP contribution in [0.5, 0.6) is 0 Å². The number of piperidine rings is 1. The van der Waals surface area contributed by atoms with Crippen LogP contribution in [0.2, 0.25) is 0 Å². The number of aryl methyl sites for hydroxylation is 1. The Labute approximate surface area is 196 Å². The summed E-state index contributed by atoms with van der Waals surface area (Å²) in [4.78, 5) is 43.0. The molecule has 2 aromatic rings. The molecule has 4 rings (SSSR count). The van der Waals surface area contributed by atoms with Gasteiger partial charge in [-0.3, -0.25) is 14.4 Å². The first kappa shape index (κ1) is 23.0. The Morgan fingerprint density at radius 1 is 0.879 bits per heavy atom. The molecule has 3 amide bonds. The third kappa shape index (κ3) is 5.62. The molecular formula is C27H33N3O3. The maximum Gasteiger partial charge on any atom is 0.252 e. The largest absolute Gasteiger partial charge is 0.342 e. The van der Waals surface area contributed by atoms with Crippen LogP contribution in [0.15, 0.2) is 54.6 Å². The second kappa shape index (κ2) is 10.6. The first-order chi connectivity index (χ1) is 16.0. The molecule has 2 aliphatic rings. The predicted molar refractivity (Wildman–Crippen MR) is 128 cm³/mol. The molecular weight excluding hydrogens is 414 g/mol. The third-order valence-corrected chi connectivity index (χ3v) is 6.92. The smallest absolute Gasteiger partial charge is 0.252 e. The van der Waals surface area contributed by atoms with Crippen molar-refractivity contribution in [3.05, 3.63) is 71.3 Å². The van der Waals surface area contributed by atoms with Crippen molar-refractivity contribution in [1.82, 2.24) is 15.1 Å². The summed E-state index contributed by atoms with van der Waals surface area (Å²) in [5.74, 6) is -0.0467. The monoisotopic (exact) mass is 447 g/mol. The zero-order valence-corrected chi connectivity index (χ0v) is 19.3. The van der Waals surface area contributed by atoms with Gasteiger partial charge in [-0.1, -0.05) is 48.5 Å². The average molecular weight is 448 g/mol. The Morgan fingerprint density at radius 2 is 1.52 bits per heavy atom. The summed E-state index contributed by atoms with van der Waals surface area (Å²) >= 11 is 0. The van der Waals surface area contributed by atoms with Crippen molar-refractivity contribution in [1.29, 1.82) is 0 Å². The van der Waals surface area contributed by atoms with E-state index in [1.165, 1.54) is 0 Å². The summed E-state index contributed by atoms with van der Waals surface area (Å²) in [7, 11) is 0. The fourth-order valence-corrected chi connectivity index (χ4v) is 4.93. The van der Waals surface area contributed by atoms with Gasteiger partial charge in [-0.15, -0.1) is 0 Å². The molecule has 0 aliphatic carbocycles. The maximum atomic E-state index is 13.4. The van der Waals surface area contributed by atoms with Crippen LogP contribution in [0.4, 0.5) is 0 Å². The third-order valence-electron chi connectivity index (χ3n) is 6.92. The summed E-state index contributed by atoms with van der Waals surface area (Å²) in [6.07, 6.45) is 3.83. The van der Waals surface area contributed by atoms with E-state index in [0.717, 1.165) is 37.1 Å². The highest BCUT2D eigenvalue weighted by Crippen LogP contribution is 2.25. The molecule has 2 heterocycles. The van der Waals surface area contributed by atoms with Crippen molar-refractivity contribution in [2.75, 3.05) is 26.2 Å². The molecule has 2 fully saturated rings. The van der Waals surface area contributed by atoms with E-state index in [4.69, 9.17) is 0 Å². The lowest BCUT2D eigenvalue weighted by molar-refractivity contribution is -0.135. The maximum absolute atomic E-state index is 13.4. The number of carbonyl (C=O) groups excluding carboxylic acids is 3. The van der Waals surface area contributed by atoms with Gasteiger partial charge in [0.1, 0.15) is 6.04 Å². The predicted octanol–water partition coefficient (Wildman–Crippen LogP) is 3.20. The fourth-order valence-electron chi connectivity index (χ4n) is 4.93. The van der Waals surface area contributed by atoms with Gasteiger partial charge >= 0.3 is 0 Å². The molecule has 174 valence electrons. The van der Waals surface area contributed by atoms with E-state index in [9.17, 15) is 14.4 Å². The number of benzene rings is 2. The standard InChI is InChI=1S/C27H33N3O3/c1-20-9-5-6-12-23(20)26(32)28-25(27(33)30-15-7-8-16-30)22-13-17-29(18-14-22)24(31)19-21-10-3-2-4-11-21/h2-6,9-12,22,25H,7-8,13-19H2,1H3,(H,28,32). The number of hydrogen-bond donors (Lipinski definition) is 1. The van der Waals surface area contributed by atoms with E-state index in [1.807, 2.05) is 65.3 Å². The molecule has 1 unspecified atom stereocenters. The van der Waals surface area contributed by atoms with Gasteiger partial charge in [0.05, 0.1) is 6.42 Å². The van der Waals surface area contributed by atoms with E-state index in [1.54, 1.807) is 6.07 Å². The molecule has 1 N–H and O–H groups in total. The first-order valence-corrected chi connectivity index (χ1v) is 12.0. The summed E-state index contributed by atoms with van der Waals surface area (Å²) in [5.41, 5.74) is 2.51. The minimum Gasteiger partial charge on any atom is -0.342 e. The van der Waals surface area contributed by atoms with E-state index in [2.05, 4.69) is 5.32 Å². The average Bonchev–Trinajstić information content (AvgIpc) is 3.38. The van der Waals surface area contributed by atoms with Crippen LogP contribution in [0.3, 0.4) is 0 Å². The van der Waals surface area contributed by atoms with Gasteiger partial charge in [-0.2, -0.15) is 0 Å². The van der Waals surface area contributed by atoms with Gasteiger partial charge in [-0.25, -0.2) is 0 Å². The van der Waals surface area contributed by atoms with Crippen LogP contribution in [-0.4, -0.2) is 59.7 Å². The van der Waals surface area contributed by atoms with Crippen molar-refractivity contribution >= 4 is 17.7 Å². The van der Waals surface area contributed by atoms with Crippen LogP contribution in [0.25, 0.3) is 0 Å². The Morgan fingerprint density at radius 3 is 2.18 bits per heavy atom. The number of amides is 3. The van der Waals surface area contributed by atoms with E-state index >= 15 is 0 Å². The Hall–Kier alpha value is -3.15. The molecule has 0 spiro atoms. The van der Waals surface area contributed by atoms with Crippen LogP contribution in [0.1, 0.15) is 47.2 Å². The topological polar surface area (TPSA) is 69.7 Å². The highest BCUT2D eigenvalue weighted by molar-refractivity contribution is 5.98. The molecule has 0 bridgehead atoms. The van der Waals surface area contributed by atoms with Crippen molar-refractivity contribution in [3.63, 3.8) is 0 Å². The molecule has 0 saturated carbocycles. The normalized spacial score (nSPS) is 17.6. The Bertz CT molecular complexity index is 977. The molecule has 0 aromatic heterocycles. The summed E-state index contributed by atoms with van der Waals surface area (Å²) < 4.78 is 0. The van der Waals surface area contributed by atoms with Crippen LogP contribution in [0, 0.1) is 12.8 Å². The molecule has 33 heavy (non-hydrogen) atoms. The number of rotatable bonds is 6. The Balaban J connectivity index is 1.42. The van der Waals surface area contributed by atoms with Gasteiger partial charge < -0.3 is 15.1 Å². The second-order valence-corrected chi connectivity index (χ2v) is 9.18. The van der Waals surface area contributed by atoms with Crippen LogP contribution in [-0.2, 0) is 16.0 Å². The molecule has 6 nitrogen and oxygen atoms in total. The van der Waals surface area contributed by atoms with Crippen molar-refractivity contribution in [2.45, 2.75) is 45.1 Å². The lowest BCUT2D eigenvalue weighted by Crippen LogP contribution is -2.54. The molecule has 2 aliphatic heterocycles. The fraction of sp³-hybridized carbons (Fsp3) is 0.444. The van der Waals surface area contributed by atoms with E-state index in [0.29, 0.717) is 37.9 Å². The number of nitrogens with zero attached hydrogens (tertiary/aromatic N) is 2. The number of hydrogen-bond acceptors (Lipinski definition) is 3. The number of likely N-dealkylation sites (tertiary alicyclic amines) is 2. The van der Waals surface area contributed by atoms with Gasteiger partial charge in [0.2, 0.25) is 11.8 Å². The van der Waals surface area contributed by atoms with Crippen molar-refractivity contribution in [2.24, 2.45) is 5.92 Å². The van der Waals surface area contributed by atoms with Gasteiger partial charge in [0.25, 0.3) is 5.91 Å². The molecule has 2 saturated heterocycles. The van der Waals surface area contributed by atoms with E-state index < -0.39 is 6.04 Å². The van der Waals surface area contributed by atoms with Crippen LogP contribution >= 0.6 is 0 Å². The summed E-state index contributed by atoms with van der Waals surface area (Å²) in [5, 5.41) is 3.07. The minimum atomic E-state index is -0.554. The minimum absolute atomic E-state index is 0.0171. The zero-order valence-electron chi connectivity index (χ0n) is 19.3. The van der Waals surface area contributed by atoms with Gasteiger partial charge in [-0.05, 0) is 55.7 Å². The SMILES string of the molecule is Cc1ccccc1C(=O)NC(C(=O)N1CCCC1)C1CCN(C(=O)Cc2ccccc2)CC1. The lowest BCUT2D eigenvalue weighted by Gasteiger charge is -2.37. The quantitative estimate of drug-likeness (QED) is 0.739. The number of nitrogens with one attached hydrogen (secondary N) is 1. The zero-order chi connectivity index (χ0) is 23.2. The lowest BCUT2D eigenvalue weighted by atomic mass is 9.87. The second-order valence-electron chi connectivity index (χ2n) is 9.18. The highest BCUT2D eigenvalue weighted by Gasteiger charge is 2.37. The first-order valence-electron chi connectivity index (χ1n) is 12.0. The molecule has 2 aromatic carbocycles.